The highest BCUT2D eigenvalue weighted by molar-refractivity contribution is 6.00. The van der Waals surface area contributed by atoms with Crippen molar-refractivity contribution in [2.24, 2.45) is 11.8 Å². The molecule has 2 N–H and O–H groups in total. The fourth-order valence-corrected chi connectivity index (χ4v) is 5.49. The molecule has 10 heteroatoms. The Morgan fingerprint density at radius 1 is 1.11 bits per heavy atom. The van der Waals surface area contributed by atoms with Crippen LogP contribution in [0.2, 0.25) is 0 Å². The van der Waals surface area contributed by atoms with Crippen LogP contribution in [0.3, 0.4) is 0 Å². The lowest BCUT2D eigenvalue weighted by atomic mass is 9.87. The van der Waals surface area contributed by atoms with Gasteiger partial charge in [0, 0.05) is 18.7 Å². The Bertz CT molecular complexity index is 1240. The minimum Gasteiger partial charge on any atom is -0.480 e. The lowest BCUT2D eigenvalue weighted by Gasteiger charge is -2.45. The molecular weight excluding hydrogens is 496 g/mol. The summed E-state index contributed by atoms with van der Waals surface area (Å²) in [5.74, 6) is -5.51. The number of hydrogen-bond acceptors (Lipinski definition) is 4. The average Bonchev–Trinajstić information content (AvgIpc) is 3.27. The number of amides is 3. The van der Waals surface area contributed by atoms with E-state index in [1.54, 1.807) is 0 Å². The van der Waals surface area contributed by atoms with Crippen LogP contribution >= 0.6 is 0 Å². The molecule has 3 atom stereocenters. The Labute approximate surface area is 219 Å². The van der Waals surface area contributed by atoms with Gasteiger partial charge in [-0.05, 0) is 48.3 Å². The van der Waals surface area contributed by atoms with E-state index in [2.05, 4.69) is 5.32 Å². The average molecular weight is 528 g/mol. The van der Waals surface area contributed by atoms with Gasteiger partial charge in [-0.2, -0.15) is 0 Å². The van der Waals surface area contributed by atoms with E-state index in [9.17, 15) is 28.7 Å². The zero-order valence-electron chi connectivity index (χ0n) is 21.5. The third-order valence-corrected chi connectivity index (χ3v) is 7.22. The van der Waals surface area contributed by atoms with Gasteiger partial charge < -0.3 is 20.2 Å². The van der Waals surface area contributed by atoms with Crippen LogP contribution in [0.15, 0.2) is 42.5 Å². The maximum atomic E-state index is 15.2. The van der Waals surface area contributed by atoms with Gasteiger partial charge in [0.1, 0.15) is 36.3 Å². The van der Waals surface area contributed by atoms with Crippen molar-refractivity contribution in [3.8, 4) is 0 Å². The summed E-state index contributed by atoms with van der Waals surface area (Å²) in [4.78, 5) is 54.7. The summed E-state index contributed by atoms with van der Waals surface area (Å²) in [5, 5.41) is 12.1. The van der Waals surface area contributed by atoms with Gasteiger partial charge >= 0.3 is 5.97 Å². The van der Waals surface area contributed by atoms with E-state index in [1.807, 2.05) is 38.1 Å². The summed E-state index contributed by atoms with van der Waals surface area (Å²) in [7, 11) is 1.22. The van der Waals surface area contributed by atoms with Gasteiger partial charge in [-0.15, -0.1) is 0 Å². The van der Waals surface area contributed by atoms with E-state index in [0.717, 1.165) is 33.1 Å². The Balaban J connectivity index is 1.80. The smallest absolute Gasteiger partial charge is 0.323 e. The van der Waals surface area contributed by atoms with Gasteiger partial charge in [-0.1, -0.05) is 44.2 Å². The van der Waals surface area contributed by atoms with E-state index in [0.29, 0.717) is 18.9 Å². The number of likely N-dealkylation sites (N-methyl/N-ethyl adjacent to an activating group) is 1. The van der Waals surface area contributed by atoms with Crippen molar-refractivity contribution in [3.05, 3.63) is 70.8 Å². The highest BCUT2D eigenvalue weighted by Crippen LogP contribution is 2.36. The monoisotopic (exact) mass is 527 g/mol. The summed E-state index contributed by atoms with van der Waals surface area (Å²) in [6.45, 7) is 2.99. The number of carbonyl (C=O) groups is 4. The maximum absolute atomic E-state index is 15.2. The zero-order chi connectivity index (χ0) is 27.7. The molecule has 1 saturated heterocycles. The number of rotatable bonds is 8. The molecule has 0 saturated carbocycles. The minimum absolute atomic E-state index is 0.0705. The Hall–Kier alpha value is -3.82. The summed E-state index contributed by atoms with van der Waals surface area (Å²) >= 11 is 0. The molecule has 202 valence electrons. The first-order valence-electron chi connectivity index (χ1n) is 12.6. The first-order chi connectivity index (χ1) is 18.0. The number of piperazine rings is 1. The SMILES string of the molecule is CC(C)C[C@@H]1C(=O)NC(C2Cc3ccccc3C2)C(=O)N1[C@@H](C(=O)N(C)CC(=O)O)c1ccc(F)cc1F. The number of carboxylic acids is 1. The fraction of sp³-hybridized carbons (Fsp3) is 0.429. The molecule has 1 fully saturated rings. The largest absolute Gasteiger partial charge is 0.480 e. The summed E-state index contributed by atoms with van der Waals surface area (Å²) in [5.41, 5.74) is 1.82. The molecule has 1 aliphatic carbocycles. The van der Waals surface area contributed by atoms with E-state index in [4.69, 9.17) is 0 Å². The molecule has 0 spiro atoms. The van der Waals surface area contributed by atoms with E-state index < -0.39 is 60.0 Å². The van der Waals surface area contributed by atoms with Crippen LogP contribution in [0.5, 0.6) is 0 Å². The number of nitrogens with zero attached hydrogens (tertiary/aromatic N) is 2. The Morgan fingerprint density at radius 3 is 2.29 bits per heavy atom. The van der Waals surface area contributed by atoms with Crippen LogP contribution in [0, 0.1) is 23.5 Å². The van der Waals surface area contributed by atoms with Gasteiger partial charge in [-0.25, -0.2) is 8.78 Å². The lowest BCUT2D eigenvalue weighted by Crippen LogP contribution is -2.67. The normalized spacial score (nSPS) is 20.3. The molecule has 38 heavy (non-hydrogen) atoms. The first kappa shape index (κ1) is 27.2. The lowest BCUT2D eigenvalue weighted by molar-refractivity contribution is -0.161. The van der Waals surface area contributed by atoms with Gasteiger partial charge in [0.2, 0.25) is 17.7 Å². The van der Waals surface area contributed by atoms with Crippen LogP contribution in [0.25, 0.3) is 0 Å². The second-order valence-corrected chi connectivity index (χ2v) is 10.5. The summed E-state index contributed by atoms with van der Waals surface area (Å²) in [6.07, 6.45) is 1.26. The summed E-state index contributed by atoms with van der Waals surface area (Å²) in [6, 6.07) is 6.62. The number of aliphatic carboxylic acids is 1. The highest BCUT2D eigenvalue weighted by Gasteiger charge is 2.50. The highest BCUT2D eigenvalue weighted by atomic mass is 19.1. The number of carboxylic acid groups (broad SMARTS) is 1. The predicted octanol–water partition coefficient (Wildman–Crippen LogP) is 2.71. The number of halogens is 2. The molecule has 2 aliphatic rings. The number of carbonyl (C=O) groups excluding carboxylic acids is 3. The molecular formula is C28H31F2N3O5. The molecule has 3 amide bonds. The third-order valence-electron chi connectivity index (χ3n) is 7.22. The van der Waals surface area contributed by atoms with Crippen LogP contribution in [0.4, 0.5) is 8.78 Å². The van der Waals surface area contributed by atoms with Crippen LogP contribution < -0.4 is 5.32 Å². The van der Waals surface area contributed by atoms with Crippen molar-refractivity contribution < 1.29 is 33.1 Å². The third kappa shape index (κ3) is 5.39. The van der Waals surface area contributed by atoms with Gasteiger partial charge in [-0.3, -0.25) is 19.2 Å². The maximum Gasteiger partial charge on any atom is 0.323 e. The van der Waals surface area contributed by atoms with Crippen LogP contribution in [0.1, 0.15) is 43.0 Å². The van der Waals surface area contributed by atoms with Crippen molar-refractivity contribution in [1.29, 1.82) is 0 Å². The van der Waals surface area contributed by atoms with Crippen molar-refractivity contribution in [1.82, 2.24) is 15.1 Å². The predicted molar refractivity (Wildman–Crippen MR) is 134 cm³/mol. The molecule has 0 aromatic heterocycles. The van der Waals surface area contributed by atoms with E-state index in [1.165, 1.54) is 7.05 Å². The molecule has 1 heterocycles. The van der Waals surface area contributed by atoms with Gasteiger partial charge in [0.05, 0.1) is 0 Å². The van der Waals surface area contributed by atoms with Crippen molar-refractivity contribution in [2.75, 3.05) is 13.6 Å². The zero-order valence-corrected chi connectivity index (χ0v) is 21.5. The van der Waals surface area contributed by atoms with Crippen molar-refractivity contribution >= 4 is 23.7 Å². The van der Waals surface area contributed by atoms with Crippen LogP contribution in [-0.2, 0) is 32.0 Å². The molecule has 0 bridgehead atoms. The molecule has 4 rings (SSSR count). The fourth-order valence-electron chi connectivity index (χ4n) is 5.49. The number of benzene rings is 2. The Morgan fingerprint density at radius 2 is 1.74 bits per heavy atom. The standard InChI is InChI=1S/C28H31F2N3O5/c1-15(2)10-22-26(36)31-24(18-11-16-6-4-5-7-17(16)12-18)27(37)33(22)25(28(38)32(3)14-23(34)35)20-9-8-19(29)13-21(20)30/h4-9,13,15,18,22,24-25H,10-12,14H2,1-3H3,(H,31,36)(H,34,35)/t22-,24?,25-/m1/s1. The van der Waals surface area contributed by atoms with Crippen molar-refractivity contribution in [2.45, 2.75) is 51.2 Å². The minimum atomic E-state index is -1.66. The topological polar surface area (TPSA) is 107 Å². The number of fused-ring (bicyclic) bond motifs is 1. The first-order valence-corrected chi connectivity index (χ1v) is 12.6. The second kappa shape index (κ2) is 10.9. The van der Waals surface area contributed by atoms with E-state index in [-0.39, 0.29) is 23.8 Å². The van der Waals surface area contributed by atoms with Gasteiger partial charge in [0.15, 0.2) is 0 Å². The Kier molecular flexibility index (Phi) is 7.80. The second-order valence-electron chi connectivity index (χ2n) is 10.5. The molecule has 8 nitrogen and oxygen atoms in total. The molecule has 2 aromatic carbocycles. The summed E-state index contributed by atoms with van der Waals surface area (Å²) < 4.78 is 29.0. The molecule has 0 radical (unpaired) electrons. The van der Waals surface area contributed by atoms with Crippen molar-refractivity contribution in [3.63, 3.8) is 0 Å². The van der Waals surface area contributed by atoms with E-state index >= 15 is 4.39 Å². The van der Waals surface area contributed by atoms with Crippen LogP contribution in [-0.4, -0.2) is 64.3 Å². The molecule has 1 aliphatic heterocycles. The molecule has 2 aromatic rings. The van der Waals surface area contributed by atoms with Gasteiger partial charge in [0.25, 0.3) is 0 Å². The number of hydrogen-bond donors (Lipinski definition) is 2. The number of nitrogens with one attached hydrogen (secondary N) is 1. The quantitative estimate of drug-likeness (QED) is 0.549. The molecule has 1 unspecified atom stereocenters.